The minimum Gasteiger partial charge on any atom is -0.378 e. The molecule has 34 heavy (non-hydrogen) atoms. The highest BCUT2D eigenvalue weighted by Crippen LogP contribution is 2.19. The lowest BCUT2D eigenvalue weighted by atomic mass is 10.1. The van der Waals surface area contributed by atoms with E-state index >= 15 is 0 Å². The van der Waals surface area contributed by atoms with Crippen LogP contribution in [0.1, 0.15) is 41.3 Å². The number of anilines is 2. The summed E-state index contributed by atoms with van der Waals surface area (Å²) in [6, 6.07) is 22.7. The zero-order chi connectivity index (χ0) is 24.5. The Morgan fingerprint density at radius 2 is 1.62 bits per heavy atom. The van der Waals surface area contributed by atoms with Crippen LogP contribution in [0.5, 0.6) is 0 Å². The van der Waals surface area contributed by atoms with Crippen LogP contribution in [-0.4, -0.2) is 25.9 Å². The predicted molar refractivity (Wildman–Crippen MR) is 144 cm³/mol. The number of benzene rings is 3. The second kappa shape index (κ2) is 12.2. The van der Waals surface area contributed by atoms with E-state index in [1.165, 1.54) is 5.56 Å². The summed E-state index contributed by atoms with van der Waals surface area (Å²) in [5.74, 6) is -0.757. The van der Waals surface area contributed by atoms with Crippen LogP contribution in [-0.2, 0) is 11.2 Å². The monoisotopic (exact) mass is 519 g/mol. The number of rotatable bonds is 9. The minimum atomic E-state index is -0.390. The fourth-order valence-corrected chi connectivity index (χ4v) is 3.83. The molecular formula is C28H30BrN3O2. The lowest BCUT2D eigenvalue weighted by molar-refractivity contribution is -0.113. The highest BCUT2D eigenvalue weighted by atomic mass is 79.9. The van der Waals surface area contributed by atoms with Crippen LogP contribution in [0.4, 0.5) is 11.4 Å². The van der Waals surface area contributed by atoms with E-state index < -0.39 is 5.91 Å². The first-order valence-corrected chi connectivity index (χ1v) is 12.1. The molecular weight excluding hydrogens is 490 g/mol. The number of nitrogens with zero attached hydrogens (tertiary/aromatic N) is 1. The summed E-state index contributed by atoms with van der Waals surface area (Å²) < 4.78 is 0.658. The zero-order valence-corrected chi connectivity index (χ0v) is 21.4. The Hall–Kier alpha value is -3.38. The van der Waals surface area contributed by atoms with Crippen LogP contribution in [0, 0.1) is 0 Å². The first-order chi connectivity index (χ1) is 16.4. The molecule has 3 aromatic carbocycles. The second-order valence-corrected chi connectivity index (χ2v) is 9.09. The molecule has 2 N–H and O–H groups in total. The van der Waals surface area contributed by atoms with Gasteiger partial charge in [0.1, 0.15) is 5.70 Å². The van der Waals surface area contributed by atoms with Gasteiger partial charge in [0.15, 0.2) is 0 Å². The van der Waals surface area contributed by atoms with Crippen molar-refractivity contribution in [2.75, 3.05) is 24.3 Å². The third-order valence-electron chi connectivity index (χ3n) is 5.36. The lowest BCUT2D eigenvalue weighted by Gasteiger charge is -2.14. The number of carbonyl (C=O) groups is 2. The highest BCUT2D eigenvalue weighted by molar-refractivity contribution is 9.10. The van der Waals surface area contributed by atoms with Crippen molar-refractivity contribution >= 4 is 45.2 Å². The summed E-state index contributed by atoms with van der Waals surface area (Å²) in [4.78, 5) is 28.1. The third kappa shape index (κ3) is 7.06. The molecule has 176 valence electrons. The van der Waals surface area contributed by atoms with E-state index in [9.17, 15) is 9.59 Å². The highest BCUT2D eigenvalue weighted by Gasteiger charge is 2.17. The first kappa shape index (κ1) is 25.2. The molecule has 0 aliphatic heterocycles. The molecule has 0 bridgehead atoms. The van der Waals surface area contributed by atoms with Gasteiger partial charge in [-0.3, -0.25) is 9.59 Å². The van der Waals surface area contributed by atoms with Crippen LogP contribution in [0.15, 0.2) is 83.0 Å². The van der Waals surface area contributed by atoms with Crippen LogP contribution in [0.25, 0.3) is 6.08 Å². The molecule has 0 aliphatic rings. The normalized spacial score (nSPS) is 11.1. The molecule has 0 saturated heterocycles. The molecule has 3 rings (SSSR count). The summed E-state index contributed by atoms with van der Waals surface area (Å²) in [6.07, 6.45) is 4.96. The molecule has 0 saturated carbocycles. The Morgan fingerprint density at radius 3 is 2.24 bits per heavy atom. The molecule has 0 fully saturated rings. The number of unbranched alkanes of at least 4 members (excludes halogenated alkanes) is 1. The van der Waals surface area contributed by atoms with Gasteiger partial charge in [-0.05, 0) is 82.4 Å². The number of amides is 2. The molecule has 0 spiro atoms. The van der Waals surface area contributed by atoms with Crippen molar-refractivity contribution in [1.29, 1.82) is 0 Å². The molecule has 5 nitrogen and oxygen atoms in total. The average Bonchev–Trinajstić information content (AvgIpc) is 2.83. The van der Waals surface area contributed by atoms with Crippen molar-refractivity contribution in [1.82, 2.24) is 5.32 Å². The van der Waals surface area contributed by atoms with Gasteiger partial charge in [0, 0.05) is 29.9 Å². The minimum absolute atomic E-state index is 0.161. The van der Waals surface area contributed by atoms with Crippen molar-refractivity contribution in [3.05, 3.63) is 99.7 Å². The van der Waals surface area contributed by atoms with Gasteiger partial charge in [-0.25, -0.2) is 0 Å². The molecule has 6 heteroatoms. The van der Waals surface area contributed by atoms with Gasteiger partial charge in [-0.15, -0.1) is 0 Å². The van der Waals surface area contributed by atoms with Crippen molar-refractivity contribution in [2.24, 2.45) is 0 Å². The zero-order valence-electron chi connectivity index (χ0n) is 19.8. The summed E-state index contributed by atoms with van der Waals surface area (Å²) in [7, 11) is 3.93. The molecule has 0 heterocycles. The molecule has 0 aliphatic carbocycles. The molecule has 0 aromatic heterocycles. The van der Waals surface area contributed by atoms with Crippen LogP contribution < -0.4 is 15.5 Å². The standard InChI is InChI=1S/C28H30BrN3O2/c1-4-5-8-20-11-15-22(16-12-20)30-28(34)26(19-21-13-17-23(18-14-21)32(2)3)31-27(33)24-9-6-7-10-25(24)29/h6-7,9-19H,4-5,8H2,1-3H3,(H,30,34)(H,31,33)/b26-19+. The van der Waals surface area contributed by atoms with Gasteiger partial charge in [0.2, 0.25) is 0 Å². The van der Waals surface area contributed by atoms with Gasteiger partial charge in [0.05, 0.1) is 5.56 Å². The maximum absolute atomic E-state index is 13.2. The summed E-state index contributed by atoms with van der Waals surface area (Å²) in [6.45, 7) is 2.17. The van der Waals surface area contributed by atoms with E-state index in [4.69, 9.17) is 0 Å². The molecule has 0 radical (unpaired) electrons. The summed E-state index contributed by atoms with van der Waals surface area (Å²) in [5.41, 5.74) is 4.37. The quantitative estimate of drug-likeness (QED) is 0.327. The Kier molecular flexibility index (Phi) is 9.05. The van der Waals surface area contributed by atoms with Crippen LogP contribution in [0.2, 0.25) is 0 Å². The van der Waals surface area contributed by atoms with E-state index in [1.807, 2.05) is 73.6 Å². The third-order valence-corrected chi connectivity index (χ3v) is 6.05. The van der Waals surface area contributed by atoms with Crippen LogP contribution in [0.3, 0.4) is 0 Å². The van der Waals surface area contributed by atoms with Crippen molar-refractivity contribution in [3.63, 3.8) is 0 Å². The lowest BCUT2D eigenvalue weighted by Crippen LogP contribution is -2.31. The Morgan fingerprint density at radius 1 is 0.941 bits per heavy atom. The number of carbonyl (C=O) groups excluding carboxylic acids is 2. The Bertz CT molecular complexity index is 1150. The molecule has 3 aromatic rings. The number of aryl methyl sites for hydroxylation is 1. The summed E-state index contributed by atoms with van der Waals surface area (Å²) in [5, 5.41) is 5.69. The SMILES string of the molecule is CCCCc1ccc(NC(=O)/C(=C\c2ccc(N(C)C)cc2)NC(=O)c2ccccc2Br)cc1. The number of halogens is 1. The summed E-state index contributed by atoms with van der Waals surface area (Å²) >= 11 is 3.41. The predicted octanol–water partition coefficient (Wildman–Crippen LogP) is 6.27. The first-order valence-electron chi connectivity index (χ1n) is 11.3. The largest absolute Gasteiger partial charge is 0.378 e. The van der Waals surface area contributed by atoms with Crippen molar-refractivity contribution in [3.8, 4) is 0 Å². The Labute approximate surface area is 210 Å². The van der Waals surface area contributed by atoms with Gasteiger partial charge < -0.3 is 15.5 Å². The van der Waals surface area contributed by atoms with E-state index in [2.05, 4.69) is 33.5 Å². The van der Waals surface area contributed by atoms with E-state index in [0.29, 0.717) is 15.7 Å². The average molecular weight is 520 g/mol. The molecule has 0 unspecified atom stereocenters. The molecule has 2 amide bonds. The topological polar surface area (TPSA) is 61.4 Å². The maximum atomic E-state index is 13.2. The van der Waals surface area contributed by atoms with Gasteiger partial charge in [-0.2, -0.15) is 0 Å². The number of hydrogen-bond acceptors (Lipinski definition) is 3. The fraction of sp³-hybridized carbons (Fsp3) is 0.214. The Balaban J connectivity index is 1.85. The van der Waals surface area contributed by atoms with E-state index in [-0.39, 0.29) is 11.6 Å². The van der Waals surface area contributed by atoms with E-state index in [1.54, 1.807) is 24.3 Å². The van der Waals surface area contributed by atoms with Crippen LogP contribution >= 0.6 is 15.9 Å². The smallest absolute Gasteiger partial charge is 0.272 e. The van der Waals surface area contributed by atoms with Gasteiger partial charge in [0.25, 0.3) is 11.8 Å². The fourth-order valence-electron chi connectivity index (χ4n) is 3.36. The maximum Gasteiger partial charge on any atom is 0.272 e. The van der Waals surface area contributed by atoms with E-state index in [0.717, 1.165) is 30.5 Å². The number of hydrogen-bond donors (Lipinski definition) is 2. The van der Waals surface area contributed by atoms with Crippen molar-refractivity contribution < 1.29 is 9.59 Å². The second-order valence-electron chi connectivity index (χ2n) is 8.23. The number of nitrogens with one attached hydrogen (secondary N) is 2. The molecule has 0 atom stereocenters. The van der Waals surface area contributed by atoms with Crippen molar-refractivity contribution in [2.45, 2.75) is 26.2 Å². The van der Waals surface area contributed by atoms with Gasteiger partial charge >= 0.3 is 0 Å². The van der Waals surface area contributed by atoms with Gasteiger partial charge in [-0.1, -0.05) is 49.7 Å².